The molecule has 0 aromatic heterocycles. The van der Waals surface area contributed by atoms with E-state index in [2.05, 4.69) is 18.9 Å². The van der Waals surface area contributed by atoms with Crippen molar-refractivity contribution in [1.82, 2.24) is 0 Å². The van der Waals surface area contributed by atoms with Crippen molar-refractivity contribution in [3.63, 3.8) is 0 Å². The third kappa shape index (κ3) is 31.4. The topological polar surface area (TPSA) is 265 Å². The van der Waals surface area contributed by atoms with Crippen LogP contribution < -0.4 is 5.11 Å². The van der Waals surface area contributed by atoms with Crippen molar-refractivity contribution in [3.05, 3.63) is 0 Å². The summed E-state index contributed by atoms with van der Waals surface area (Å²) < 4.78 is 32.5. The zero-order chi connectivity index (χ0) is 40.4. The molecule has 0 saturated carbocycles. The largest absolute Gasteiger partial charge is 0.539 e. The summed E-state index contributed by atoms with van der Waals surface area (Å²) in [5.41, 5.74) is 0. The molecular weight excluding hydrogens is 684 g/mol. The number of carbonyl (C=O) groups excluding carboxylic acids is 8. The smallest absolute Gasteiger partial charge is 0.417 e. The lowest BCUT2D eigenvalue weighted by molar-refractivity contribution is -0.303. The second-order valence-corrected chi connectivity index (χ2v) is 10.3. The molecule has 0 unspecified atom stereocenters. The molecule has 0 rings (SSSR count). The van der Waals surface area contributed by atoms with E-state index in [0.29, 0.717) is 19.3 Å². The molecule has 0 saturated heterocycles. The molecule has 0 radical (unpaired) electrons. The monoisotopic (exact) mass is 741 g/mol. The highest BCUT2D eigenvalue weighted by molar-refractivity contribution is 6.29. The Balaban J connectivity index is -0.000000348. The summed E-state index contributed by atoms with van der Waals surface area (Å²) in [6.07, 6.45) is 2.72. The van der Waals surface area contributed by atoms with E-state index >= 15 is 0 Å². The number of aliphatic hydroxyl groups excluding tert-OH is 2. The van der Waals surface area contributed by atoms with Crippen molar-refractivity contribution < 1.29 is 86.8 Å². The Morgan fingerprint density at radius 3 is 0.863 bits per heavy atom. The average Bonchev–Trinajstić information content (AvgIpc) is 3.14. The lowest BCUT2D eigenvalue weighted by atomic mass is 10.1. The van der Waals surface area contributed by atoms with Gasteiger partial charge in [-0.05, 0) is 25.7 Å². The van der Waals surface area contributed by atoms with Gasteiger partial charge in [-0.15, -0.1) is 0 Å². The minimum Gasteiger partial charge on any atom is -0.539 e. The standard InChI is InChI=1S/C16H26O8.C9H14O6.C7H14O3.CH4O/c1-5-11(3)13(17)21-7-9-23-15(19)16(20)24-10-8-22-14(18)12(4)6-2;1-3-6(2)8(12)14-4-5-15-9(13)7(10)11;1-3-6(2)7(9)10-5-4-8;1-2/h11-12H,5-10H2,1-4H3;6H,3-5H2,1-2H3,(H,10,11);6,8H,3-5H2,1-2H3;2H,1H3/p-1/t11-,12-;2*6-;/m000./s1. The predicted molar refractivity (Wildman–Crippen MR) is 175 cm³/mol. The number of hydrogen-bond acceptors (Lipinski definition) is 18. The van der Waals surface area contributed by atoms with Gasteiger partial charge in [0.15, 0.2) is 5.97 Å². The Morgan fingerprint density at radius 2 is 0.647 bits per heavy atom. The maximum Gasteiger partial charge on any atom is 0.417 e. The number of carbonyl (C=O) groups is 8. The summed E-state index contributed by atoms with van der Waals surface area (Å²) in [5, 5.41) is 25.2. The van der Waals surface area contributed by atoms with Gasteiger partial charge in [-0.25, -0.2) is 14.4 Å². The first-order chi connectivity index (χ1) is 24.0. The molecule has 0 aliphatic rings. The summed E-state index contributed by atoms with van der Waals surface area (Å²) in [7, 11) is 1.00. The molecule has 298 valence electrons. The molecule has 51 heavy (non-hydrogen) atoms. The molecule has 0 bridgehead atoms. The lowest BCUT2D eigenvalue weighted by Crippen LogP contribution is -2.34. The summed E-state index contributed by atoms with van der Waals surface area (Å²) in [4.78, 5) is 87.4. The molecule has 4 atom stereocenters. The van der Waals surface area contributed by atoms with Crippen molar-refractivity contribution in [3.8, 4) is 0 Å². The fourth-order valence-corrected chi connectivity index (χ4v) is 2.39. The fourth-order valence-electron chi connectivity index (χ4n) is 2.39. The number of rotatable bonds is 19. The number of aliphatic hydroxyl groups is 2. The van der Waals surface area contributed by atoms with Crippen molar-refractivity contribution in [1.29, 1.82) is 0 Å². The quantitative estimate of drug-likeness (QED) is 0.0780. The highest BCUT2D eigenvalue weighted by atomic mass is 16.6. The van der Waals surface area contributed by atoms with E-state index in [1.807, 2.05) is 27.7 Å². The molecule has 0 aliphatic heterocycles. The SMILES string of the molecule is CC[C@H](C)C(=O)OCCO.CC[C@H](C)C(=O)OCCOC(=O)C(=O)OCCOC(=O)[C@@H](C)CC.CC[C@H](C)C(=O)OCCOC(=O)C(=O)[O-].CO. The summed E-state index contributed by atoms with van der Waals surface area (Å²) in [5.74, 6) is -7.90. The number of hydrogen-bond donors (Lipinski definition) is 2. The minimum absolute atomic E-state index is 0.0495. The van der Waals surface area contributed by atoms with Crippen LogP contribution in [0.1, 0.15) is 81.1 Å². The van der Waals surface area contributed by atoms with Gasteiger partial charge in [0.1, 0.15) is 46.2 Å². The van der Waals surface area contributed by atoms with Crippen LogP contribution >= 0.6 is 0 Å². The lowest BCUT2D eigenvalue weighted by Gasteiger charge is -2.10. The van der Waals surface area contributed by atoms with Crippen LogP contribution in [0.3, 0.4) is 0 Å². The van der Waals surface area contributed by atoms with Gasteiger partial charge in [-0.2, -0.15) is 0 Å². The zero-order valence-corrected chi connectivity index (χ0v) is 31.2. The van der Waals surface area contributed by atoms with Gasteiger partial charge in [-0.1, -0.05) is 55.4 Å². The maximum absolute atomic E-state index is 11.4. The van der Waals surface area contributed by atoms with Gasteiger partial charge < -0.3 is 53.3 Å². The van der Waals surface area contributed by atoms with Crippen LogP contribution in [0.25, 0.3) is 0 Å². The molecule has 0 aliphatic carbocycles. The van der Waals surface area contributed by atoms with Crippen LogP contribution in [0.15, 0.2) is 0 Å². The zero-order valence-electron chi connectivity index (χ0n) is 31.2. The highest BCUT2D eigenvalue weighted by Gasteiger charge is 2.19. The summed E-state index contributed by atoms with van der Waals surface area (Å²) in [6, 6.07) is 0. The summed E-state index contributed by atoms with van der Waals surface area (Å²) >= 11 is 0. The van der Waals surface area contributed by atoms with E-state index < -0.39 is 29.8 Å². The first kappa shape index (κ1) is 53.5. The molecule has 0 aromatic carbocycles. The van der Waals surface area contributed by atoms with Crippen molar-refractivity contribution in [2.75, 3.05) is 60.0 Å². The summed E-state index contributed by atoms with van der Waals surface area (Å²) in [6.45, 7) is 13.3. The van der Waals surface area contributed by atoms with E-state index in [-0.39, 0.29) is 94.4 Å². The van der Waals surface area contributed by atoms with E-state index in [1.165, 1.54) is 0 Å². The normalized spacial score (nSPS) is 12.0. The number of aliphatic carboxylic acids is 1. The molecule has 0 spiro atoms. The van der Waals surface area contributed by atoms with Crippen LogP contribution in [0.4, 0.5) is 0 Å². The Morgan fingerprint density at radius 1 is 0.431 bits per heavy atom. The molecular formula is C33H57O18-. The molecule has 18 nitrogen and oxygen atoms in total. The highest BCUT2D eigenvalue weighted by Crippen LogP contribution is 2.05. The third-order valence-corrected chi connectivity index (χ3v) is 6.41. The minimum atomic E-state index is -1.91. The van der Waals surface area contributed by atoms with Crippen molar-refractivity contribution in [2.24, 2.45) is 23.7 Å². The Kier molecular flexibility index (Phi) is 37.2. The first-order valence-electron chi connectivity index (χ1n) is 16.5. The van der Waals surface area contributed by atoms with Crippen LogP contribution in [-0.2, 0) is 71.5 Å². The van der Waals surface area contributed by atoms with E-state index in [9.17, 15) is 43.5 Å². The number of ether oxygens (including phenoxy) is 7. The molecule has 0 fully saturated rings. The average molecular weight is 742 g/mol. The Labute approximate surface area is 299 Å². The van der Waals surface area contributed by atoms with E-state index in [1.54, 1.807) is 27.7 Å². The predicted octanol–water partition coefficient (Wildman–Crippen LogP) is 0.297. The second kappa shape index (κ2) is 35.5. The fraction of sp³-hybridized carbons (Fsp3) is 0.758. The van der Waals surface area contributed by atoms with Gasteiger partial charge in [0.2, 0.25) is 0 Å². The van der Waals surface area contributed by atoms with Crippen LogP contribution in [0, 0.1) is 23.7 Å². The van der Waals surface area contributed by atoms with E-state index in [4.69, 9.17) is 24.4 Å². The van der Waals surface area contributed by atoms with Crippen molar-refractivity contribution >= 4 is 47.8 Å². The number of carboxylic acids is 1. The molecule has 18 heteroatoms. The third-order valence-electron chi connectivity index (χ3n) is 6.41. The van der Waals surface area contributed by atoms with Gasteiger partial charge in [0, 0.05) is 7.11 Å². The van der Waals surface area contributed by atoms with Crippen LogP contribution in [0.5, 0.6) is 0 Å². The Bertz CT molecular complexity index is 972. The van der Waals surface area contributed by atoms with Crippen molar-refractivity contribution in [2.45, 2.75) is 81.1 Å². The molecule has 0 amide bonds. The van der Waals surface area contributed by atoms with Gasteiger partial charge in [-0.3, -0.25) is 19.2 Å². The molecule has 0 aromatic rings. The van der Waals surface area contributed by atoms with Gasteiger partial charge in [0.25, 0.3) is 0 Å². The number of carboxylic acid groups (broad SMARTS) is 1. The first-order valence-corrected chi connectivity index (χ1v) is 16.5. The molecule has 2 N–H and O–H groups in total. The Hall–Kier alpha value is -4.32. The second-order valence-electron chi connectivity index (χ2n) is 10.3. The van der Waals surface area contributed by atoms with Gasteiger partial charge in [0.05, 0.1) is 30.3 Å². The van der Waals surface area contributed by atoms with Crippen LogP contribution in [-0.4, -0.2) is 118 Å². The number of esters is 7. The maximum atomic E-state index is 11.4. The molecule has 0 heterocycles. The van der Waals surface area contributed by atoms with Crippen LogP contribution in [0.2, 0.25) is 0 Å². The van der Waals surface area contributed by atoms with Gasteiger partial charge >= 0.3 is 41.8 Å². The van der Waals surface area contributed by atoms with E-state index in [0.717, 1.165) is 13.5 Å².